The Balaban J connectivity index is 2.20. The minimum atomic E-state index is -0.0835. The summed E-state index contributed by atoms with van der Waals surface area (Å²) in [5.74, 6) is -0.0440. The topological polar surface area (TPSA) is 70.7 Å². The van der Waals surface area contributed by atoms with Gasteiger partial charge in [-0.1, -0.05) is 6.42 Å². The van der Waals surface area contributed by atoms with E-state index in [4.69, 9.17) is 4.74 Å². The summed E-state index contributed by atoms with van der Waals surface area (Å²) in [7, 11) is 3.43. The highest BCUT2D eigenvalue weighted by molar-refractivity contribution is 5.73. The Hall–Kier alpha value is -1.30. The second-order valence-electron chi connectivity index (χ2n) is 5.39. The molecule has 2 amide bonds. The molecule has 2 atom stereocenters. The SMILES string of the molecule is CCOC(=O)C1CCCC(NCCNC(=O)N(C)C)C1. The van der Waals surface area contributed by atoms with Crippen LogP contribution in [0, 0.1) is 5.92 Å². The van der Waals surface area contributed by atoms with Gasteiger partial charge in [0.15, 0.2) is 0 Å². The summed E-state index contributed by atoms with van der Waals surface area (Å²) in [5, 5.41) is 6.21. The van der Waals surface area contributed by atoms with Crippen LogP contribution < -0.4 is 10.6 Å². The number of hydrogen-bond acceptors (Lipinski definition) is 4. The lowest BCUT2D eigenvalue weighted by Crippen LogP contribution is -2.42. The molecule has 1 fully saturated rings. The van der Waals surface area contributed by atoms with Crippen molar-refractivity contribution in [2.24, 2.45) is 5.92 Å². The molecule has 0 aromatic heterocycles. The number of carbonyl (C=O) groups excluding carboxylic acids is 2. The van der Waals surface area contributed by atoms with Crippen LogP contribution in [0.4, 0.5) is 4.79 Å². The van der Waals surface area contributed by atoms with Crippen LogP contribution in [0.15, 0.2) is 0 Å². The molecule has 0 saturated heterocycles. The smallest absolute Gasteiger partial charge is 0.316 e. The zero-order valence-corrected chi connectivity index (χ0v) is 12.8. The number of carbonyl (C=O) groups is 2. The highest BCUT2D eigenvalue weighted by Crippen LogP contribution is 2.25. The van der Waals surface area contributed by atoms with Gasteiger partial charge < -0.3 is 20.3 Å². The lowest BCUT2D eigenvalue weighted by Gasteiger charge is -2.28. The lowest BCUT2D eigenvalue weighted by atomic mass is 9.86. The summed E-state index contributed by atoms with van der Waals surface area (Å²) >= 11 is 0. The number of esters is 1. The molecule has 1 rings (SSSR count). The molecule has 20 heavy (non-hydrogen) atoms. The fourth-order valence-corrected chi connectivity index (χ4v) is 2.45. The first-order chi connectivity index (χ1) is 9.54. The van der Waals surface area contributed by atoms with Gasteiger partial charge in [-0.2, -0.15) is 0 Å². The third kappa shape index (κ3) is 5.77. The number of rotatable bonds is 6. The van der Waals surface area contributed by atoms with Crippen molar-refractivity contribution in [3.8, 4) is 0 Å². The molecular formula is C14H27N3O3. The molecule has 6 heteroatoms. The molecule has 0 radical (unpaired) electrons. The van der Waals surface area contributed by atoms with E-state index in [0.717, 1.165) is 32.2 Å². The summed E-state index contributed by atoms with van der Waals surface area (Å²) in [4.78, 5) is 24.6. The Morgan fingerprint density at radius 3 is 2.65 bits per heavy atom. The maximum Gasteiger partial charge on any atom is 0.316 e. The minimum Gasteiger partial charge on any atom is -0.466 e. The van der Waals surface area contributed by atoms with E-state index >= 15 is 0 Å². The summed E-state index contributed by atoms with van der Waals surface area (Å²) in [6.07, 6.45) is 3.89. The van der Waals surface area contributed by atoms with Crippen LogP contribution in [0.5, 0.6) is 0 Å². The van der Waals surface area contributed by atoms with Gasteiger partial charge in [0, 0.05) is 33.2 Å². The standard InChI is InChI=1S/C14H27N3O3/c1-4-20-13(18)11-6-5-7-12(10-11)15-8-9-16-14(19)17(2)3/h11-12,15H,4-10H2,1-3H3,(H,16,19). The van der Waals surface area contributed by atoms with Crippen LogP contribution in [0.3, 0.4) is 0 Å². The fourth-order valence-electron chi connectivity index (χ4n) is 2.45. The predicted molar refractivity (Wildman–Crippen MR) is 77.5 cm³/mol. The highest BCUT2D eigenvalue weighted by atomic mass is 16.5. The van der Waals surface area contributed by atoms with Gasteiger partial charge >= 0.3 is 12.0 Å². The van der Waals surface area contributed by atoms with Gasteiger partial charge in [-0.3, -0.25) is 4.79 Å². The first-order valence-corrected chi connectivity index (χ1v) is 7.39. The van der Waals surface area contributed by atoms with E-state index in [0.29, 0.717) is 19.2 Å². The van der Waals surface area contributed by atoms with Crippen molar-refractivity contribution in [3.05, 3.63) is 0 Å². The number of amides is 2. The van der Waals surface area contributed by atoms with Gasteiger partial charge in [-0.05, 0) is 26.2 Å². The Morgan fingerprint density at radius 1 is 1.25 bits per heavy atom. The first kappa shape index (κ1) is 16.8. The minimum absolute atomic E-state index is 0.0255. The van der Waals surface area contributed by atoms with Crippen molar-refractivity contribution in [3.63, 3.8) is 0 Å². The molecule has 0 heterocycles. The maximum atomic E-state index is 11.7. The molecule has 1 saturated carbocycles. The predicted octanol–water partition coefficient (Wildman–Crippen LogP) is 0.969. The molecule has 2 N–H and O–H groups in total. The van der Waals surface area contributed by atoms with Crippen molar-refractivity contribution in [2.45, 2.75) is 38.6 Å². The molecule has 1 aliphatic carbocycles. The Kier molecular flexibility index (Phi) is 7.36. The molecule has 0 bridgehead atoms. The monoisotopic (exact) mass is 285 g/mol. The molecule has 0 aromatic carbocycles. The molecule has 116 valence electrons. The third-order valence-electron chi connectivity index (χ3n) is 3.53. The number of ether oxygens (including phenoxy) is 1. The van der Waals surface area contributed by atoms with Gasteiger partial charge in [0.1, 0.15) is 0 Å². The average molecular weight is 285 g/mol. The quantitative estimate of drug-likeness (QED) is 0.563. The molecule has 0 aromatic rings. The Morgan fingerprint density at radius 2 is 2.00 bits per heavy atom. The van der Waals surface area contributed by atoms with Crippen molar-refractivity contribution >= 4 is 12.0 Å². The van der Waals surface area contributed by atoms with Crippen LogP contribution >= 0.6 is 0 Å². The second kappa shape index (κ2) is 8.79. The van der Waals surface area contributed by atoms with Crippen molar-refractivity contribution < 1.29 is 14.3 Å². The van der Waals surface area contributed by atoms with Gasteiger partial charge in [-0.25, -0.2) is 4.79 Å². The van der Waals surface area contributed by atoms with Crippen LogP contribution in [0.2, 0.25) is 0 Å². The van der Waals surface area contributed by atoms with Gasteiger partial charge in [0.2, 0.25) is 0 Å². The average Bonchev–Trinajstić information content (AvgIpc) is 2.43. The molecule has 1 aliphatic rings. The third-order valence-corrected chi connectivity index (χ3v) is 3.53. The van der Waals surface area contributed by atoms with E-state index < -0.39 is 0 Å². The van der Waals surface area contributed by atoms with E-state index in [1.54, 1.807) is 14.1 Å². The van der Waals surface area contributed by atoms with E-state index in [1.807, 2.05) is 6.92 Å². The highest BCUT2D eigenvalue weighted by Gasteiger charge is 2.27. The summed E-state index contributed by atoms with van der Waals surface area (Å²) in [5.41, 5.74) is 0. The molecule has 0 aliphatic heterocycles. The normalized spacial score (nSPS) is 22.1. The van der Waals surface area contributed by atoms with Crippen molar-refractivity contribution in [1.29, 1.82) is 0 Å². The van der Waals surface area contributed by atoms with Crippen LogP contribution in [0.1, 0.15) is 32.6 Å². The van der Waals surface area contributed by atoms with E-state index in [2.05, 4.69) is 10.6 Å². The van der Waals surface area contributed by atoms with Crippen LogP contribution in [-0.4, -0.2) is 56.7 Å². The van der Waals surface area contributed by atoms with Crippen LogP contribution in [0.25, 0.3) is 0 Å². The number of hydrogen-bond donors (Lipinski definition) is 2. The van der Waals surface area contributed by atoms with Gasteiger partial charge in [0.05, 0.1) is 12.5 Å². The summed E-state index contributed by atoms with van der Waals surface area (Å²) in [6, 6.07) is 0.259. The number of urea groups is 1. The number of nitrogens with zero attached hydrogens (tertiary/aromatic N) is 1. The van der Waals surface area contributed by atoms with E-state index in [-0.39, 0.29) is 17.9 Å². The zero-order chi connectivity index (χ0) is 15.0. The van der Waals surface area contributed by atoms with Gasteiger partial charge in [-0.15, -0.1) is 0 Å². The first-order valence-electron chi connectivity index (χ1n) is 7.39. The second-order valence-corrected chi connectivity index (χ2v) is 5.39. The number of nitrogens with one attached hydrogen (secondary N) is 2. The molecule has 2 unspecified atom stereocenters. The zero-order valence-electron chi connectivity index (χ0n) is 12.8. The van der Waals surface area contributed by atoms with Crippen molar-refractivity contribution in [1.82, 2.24) is 15.5 Å². The molecule has 0 spiro atoms. The Labute approximate surface area is 121 Å². The van der Waals surface area contributed by atoms with Gasteiger partial charge in [0.25, 0.3) is 0 Å². The van der Waals surface area contributed by atoms with E-state index in [1.165, 1.54) is 4.90 Å². The lowest BCUT2D eigenvalue weighted by molar-refractivity contribution is -0.149. The van der Waals surface area contributed by atoms with Crippen molar-refractivity contribution in [2.75, 3.05) is 33.8 Å². The maximum absolute atomic E-state index is 11.7. The summed E-state index contributed by atoms with van der Waals surface area (Å²) in [6.45, 7) is 3.60. The molecule has 6 nitrogen and oxygen atoms in total. The largest absolute Gasteiger partial charge is 0.466 e. The summed E-state index contributed by atoms with van der Waals surface area (Å²) < 4.78 is 5.08. The van der Waals surface area contributed by atoms with Crippen LogP contribution in [-0.2, 0) is 9.53 Å². The van der Waals surface area contributed by atoms with E-state index in [9.17, 15) is 9.59 Å². The Bertz CT molecular complexity index is 321. The molecular weight excluding hydrogens is 258 g/mol. The fraction of sp³-hybridized carbons (Fsp3) is 0.857.